The second kappa shape index (κ2) is 7.72. The molecule has 0 spiro atoms. The van der Waals surface area contributed by atoms with Crippen LogP contribution in [0.2, 0.25) is 0 Å². The summed E-state index contributed by atoms with van der Waals surface area (Å²) in [5.41, 5.74) is 2.21. The van der Waals surface area contributed by atoms with Crippen LogP contribution in [-0.4, -0.2) is 21.8 Å². The van der Waals surface area contributed by atoms with Gasteiger partial charge >= 0.3 is 0 Å². The number of nitrogens with one attached hydrogen (secondary N) is 1. The number of hydrogen-bond donors (Lipinski definition) is 1. The van der Waals surface area contributed by atoms with E-state index in [2.05, 4.69) is 49.4 Å². The summed E-state index contributed by atoms with van der Waals surface area (Å²) in [7, 11) is 2.13. The van der Waals surface area contributed by atoms with Crippen molar-refractivity contribution in [1.82, 2.24) is 14.8 Å². The number of nitrogens with zero attached hydrogens (tertiary/aromatic N) is 3. The smallest absolute Gasteiger partial charge is 0.291 e. The van der Waals surface area contributed by atoms with Gasteiger partial charge in [0.15, 0.2) is 11.7 Å². The molecular weight excluding hydrogens is 376 g/mol. The van der Waals surface area contributed by atoms with Crippen molar-refractivity contribution in [3.8, 4) is 0 Å². The molecule has 4 aromatic rings. The Bertz CT molecular complexity index is 1070. The molecule has 4 rings (SSSR count). The summed E-state index contributed by atoms with van der Waals surface area (Å²) in [5, 5.41) is 5.69. The number of quaternary nitrogens is 1. The van der Waals surface area contributed by atoms with Crippen molar-refractivity contribution in [3.05, 3.63) is 75.9 Å². The van der Waals surface area contributed by atoms with E-state index in [4.69, 9.17) is 21.6 Å². The molecule has 0 saturated carbocycles. The van der Waals surface area contributed by atoms with Gasteiger partial charge in [0.2, 0.25) is 5.89 Å². The molecule has 2 heterocycles. The molecule has 1 N–H and O–H groups in total. The van der Waals surface area contributed by atoms with Gasteiger partial charge in [-0.1, -0.05) is 42.5 Å². The lowest BCUT2D eigenvalue weighted by Gasteiger charge is -2.19. The highest BCUT2D eigenvalue weighted by atomic mass is 32.1. The summed E-state index contributed by atoms with van der Waals surface area (Å²) >= 11 is 7.11. The molecule has 2 aromatic carbocycles. The molecule has 2 atom stereocenters. The second-order valence-electron chi connectivity index (χ2n) is 6.67. The van der Waals surface area contributed by atoms with Crippen LogP contribution in [0.15, 0.2) is 59.0 Å². The normalized spacial score (nSPS) is 13.7. The molecule has 0 radical (unpaired) electrons. The largest absolute Gasteiger partial charge is 0.413 e. The maximum absolute atomic E-state index is 5.69. The first-order chi connectivity index (χ1) is 13.1. The van der Waals surface area contributed by atoms with Gasteiger partial charge in [-0.05, 0) is 36.8 Å². The van der Waals surface area contributed by atoms with Gasteiger partial charge in [-0.3, -0.25) is 0 Å². The Labute approximate surface area is 166 Å². The van der Waals surface area contributed by atoms with Gasteiger partial charge in [0.25, 0.3) is 4.84 Å². The third-order valence-electron chi connectivity index (χ3n) is 4.67. The van der Waals surface area contributed by atoms with Crippen LogP contribution in [0, 0.1) is 4.84 Å². The molecule has 138 valence electrons. The molecule has 0 amide bonds. The van der Waals surface area contributed by atoms with Crippen LogP contribution in [0.25, 0.3) is 10.2 Å². The summed E-state index contributed by atoms with van der Waals surface area (Å²) in [6.07, 6.45) is 0.643. The Kier molecular flexibility index (Phi) is 5.15. The molecule has 0 aliphatic heterocycles. The highest BCUT2D eigenvalue weighted by molar-refractivity contribution is 7.71. The van der Waals surface area contributed by atoms with E-state index in [1.54, 1.807) is 16.0 Å². The van der Waals surface area contributed by atoms with Crippen molar-refractivity contribution in [3.63, 3.8) is 0 Å². The van der Waals surface area contributed by atoms with E-state index in [1.807, 2.05) is 24.3 Å². The maximum atomic E-state index is 5.69. The number of hydrogen-bond acceptors (Lipinski definition) is 5. The maximum Gasteiger partial charge on any atom is 0.291 e. The minimum atomic E-state index is 0.235. The summed E-state index contributed by atoms with van der Waals surface area (Å²) in [5.74, 6) is 0.645. The minimum Gasteiger partial charge on any atom is -0.413 e. The molecule has 0 saturated heterocycles. The fraction of sp³-hybridized carbons (Fsp3) is 0.250. The Morgan fingerprint density at radius 3 is 2.67 bits per heavy atom. The van der Waals surface area contributed by atoms with Crippen molar-refractivity contribution >= 4 is 33.8 Å². The molecule has 7 heteroatoms. The van der Waals surface area contributed by atoms with Crippen molar-refractivity contribution < 1.29 is 9.32 Å². The third kappa shape index (κ3) is 4.00. The van der Waals surface area contributed by atoms with Crippen molar-refractivity contribution in [2.75, 3.05) is 7.05 Å². The Balaban J connectivity index is 1.48. The van der Waals surface area contributed by atoms with Crippen molar-refractivity contribution in [2.45, 2.75) is 26.1 Å². The Morgan fingerprint density at radius 2 is 1.89 bits per heavy atom. The SMILES string of the molecule is C[C@@H](c1nc2ccccc2s1)[NH+](C)Cn1nc(Cc2ccccc2)oc1=S. The Hall–Kier alpha value is -2.35. The van der Waals surface area contributed by atoms with Crippen molar-refractivity contribution in [2.24, 2.45) is 0 Å². The van der Waals surface area contributed by atoms with Gasteiger partial charge < -0.3 is 9.32 Å². The van der Waals surface area contributed by atoms with E-state index in [0.717, 1.165) is 16.1 Å². The molecule has 2 aromatic heterocycles. The summed E-state index contributed by atoms with van der Waals surface area (Å²) in [6, 6.07) is 18.6. The van der Waals surface area contributed by atoms with Crippen LogP contribution < -0.4 is 4.90 Å². The van der Waals surface area contributed by atoms with Gasteiger partial charge in [-0.15, -0.1) is 16.4 Å². The number of aromatic nitrogens is 3. The van der Waals surface area contributed by atoms with Crippen LogP contribution in [0.4, 0.5) is 0 Å². The molecule has 0 aliphatic rings. The second-order valence-corrected chi connectivity index (χ2v) is 8.08. The van der Waals surface area contributed by atoms with E-state index >= 15 is 0 Å². The van der Waals surface area contributed by atoms with Gasteiger partial charge in [0.05, 0.1) is 23.7 Å². The number of thiazole rings is 1. The van der Waals surface area contributed by atoms with Gasteiger partial charge in [-0.2, -0.15) is 4.68 Å². The molecule has 0 bridgehead atoms. The lowest BCUT2D eigenvalue weighted by molar-refractivity contribution is -0.933. The summed E-state index contributed by atoms with van der Waals surface area (Å²) < 4.78 is 8.68. The van der Waals surface area contributed by atoms with Gasteiger partial charge in [-0.25, -0.2) is 4.98 Å². The number of benzene rings is 2. The van der Waals surface area contributed by atoms with Crippen LogP contribution in [0.5, 0.6) is 0 Å². The zero-order valence-electron chi connectivity index (χ0n) is 15.3. The molecule has 0 fully saturated rings. The Morgan fingerprint density at radius 1 is 1.15 bits per heavy atom. The van der Waals surface area contributed by atoms with E-state index in [9.17, 15) is 0 Å². The van der Waals surface area contributed by atoms with Gasteiger partial charge in [0, 0.05) is 0 Å². The fourth-order valence-electron chi connectivity index (χ4n) is 2.95. The molecule has 0 aliphatic carbocycles. The van der Waals surface area contributed by atoms with Crippen molar-refractivity contribution in [1.29, 1.82) is 0 Å². The molecular formula is C20H21N4OS2+. The summed E-state index contributed by atoms with van der Waals surface area (Å²) in [4.78, 5) is 6.45. The van der Waals surface area contributed by atoms with Crippen LogP contribution in [0.3, 0.4) is 0 Å². The fourth-order valence-corrected chi connectivity index (χ4v) is 4.26. The average Bonchev–Trinajstić information content (AvgIpc) is 3.25. The molecule has 5 nitrogen and oxygen atoms in total. The highest BCUT2D eigenvalue weighted by Gasteiger charge is 2.21. The average molecular weight is 398 g/mol. The third-order valence-corrected chi connectivity index (χ3v) is 6.18. The number of rotatable bonds is 6. The van der Waals surface area contributed by atoms with Gasteiger partial charge in [0.1, 0.15) is 6.04 Å². The van der Waals surface area contributed by atoms with Crippen LogP contribution >= 0.6 is 23.6 Å². The first-order valence-electron chi connectivity index (χ1n) is 8.88. The summed E-state index contributed by atoms with van der Waals surface area (Å²) in [6.45, 7) is 2.82. The topological polar surface area (TPSA) is 48.3 Å². The predicted molar refractivity (Wildman–Crippen MR) is 109 cm³/mol. The number of para-hydroxylation sites is 1. The predicted octanol–water partition coefficient (Wildman–Crippen LogP) is 3.64. The van der Waals surface area contributed by atoms with Crippen LogP contribution in [0.1, 0.15) is 29.4 Å². The monoisotopic (exact) mass is 397 g/mol. The van der Waals surface area contributed by atoms with E-state index < -0.39 is 0 Å². The van der Waals surface area contributed by atoms with Crippen LogP contribution in [-0.2, 0) is 13.1 Å². The zero-order valence-corrected chi connectivity index (χ0v) is 16.9. The van der Waals surface area contributed by atoms with E-state index in [0.29, 0.717) is 23.8 Å². The first-order valence-corrected chi connectivity index (χ1v) is 10.1. The molecule has 1 unspecified atom stereocenters. The quantitative estimate of drug-likeness (QED) is 0.505. The standard InChI is InChI=1S/C20H20N4OS2/c1-14(19-21-16-10-6-7-11-17(16)27-19)23(2)13-24-20(26)25-18(22-24)12-15-8-4-3-5-9-15/h3-11,14H,12-13H2,1-2H3/p+1/t14-/m0/s1. The van der Waals surface area contributed by atoms with E-state index in [-0.39, 0.29) is 6.04 Å². The van der Waals surface area contributed by atoms with E-state index in [1.165, 1.54) is 9.60 Å². The minimum absolute atomic E-state index is 0.235. The zero-order chi connectivity index (χ0) is 18.8. The molecule has 27 heavy (non-hydrogen) atoms. The lowest BCUT2D eigenvalue weighted by atomic mass is 10.2. The highest BCUT2D eigenvalue weighted by Crippen LogP contribution is 2.24. The first kappa shape index (κ1) is 18.0. The lowest BCUT2D eigenvalue weighted by Crippen LogP contribution is -3.08. The number of fused-ring (bicyclic) bond motifs is 1.